The van der Waals surface area contributed by atoms with Gasteiger partial charge in [0.25, 0.3) is 5.91 Å². The summed E-state index contributed by atoms with van der Waals surface area (Å²) in [5.41, 5.74) is 1.52. The standard InChI is InChI=1S/C16H15ClINO2/c1-21-15(11-6-2-4-8-13(11)17)10-19-16(20)12-7-3-5-9-14(12)18/h2-9,15H,10H2,1H3,(H,19,20). The Bertz CT molecular complexity index is 633. The van der Waals surface area contributed by atoms with Gasteiger partial charge >= 0.3 is 0 Å². The van der Waals surface area contributed by atoms with Crippen LogP contribution in [0.15, 0.2) is 48.5 Å². The molecule has 2 rings (SSSR count). The van der Waals surface area contributed by atoms with Crippen LogP contribution in [0.4, 0.5) is 0 Å². The van der Waals surface area contributed by atoms with E-state index in [1.165, 1.54) is 0 Å². The Hall–Kier alpha value is -1.11. The number of amides is 1. The third kappa shape index (κ3) is 4.18. The van der Waals surface area contributed by atoms with Gasteiger partial charge in [0.1, 0.15) is 6.10 Å². The molecule has 0 fully saturated rings. The van der Waals surface area contributed by atoms with E-state index in [9.17, 15) is 4.79 Å². The van der Waals surface area contributed by atoms with Gasteiger partial charge in [-0.05, 0) is 40.8 Å². The molecule has 1 N–H and O–H groups in total. The molecule has 0 heterocycles. The predicted molar refractivity (Wildman–Crippen MR) is 92.7 cm³/mol. The van der Waals surface area contributed by atoms with Crippen LogP contribution in [0.25, 0.3) is 0 Å². The zero-order valence-electron chi connectivity index (χ0n) is 11.5. The molecule has 0 aliphatic rings. The molecule has 5 heteroatoms. The quantitative estimate of drug-likeness (QED) is 0.748. The second-order valence-corrected chi connectivity index (χ2v) is 6.01. The number of ether oxygens (including phenoxy) is 1. The zero-order chi connectivity index (χ0) is 15.2. The van der Waals surface area contributed by atoms with E-state index in [0.717, 1.165) is 9.13 Å². The van der Waals surface area contributed by atoms with E-state index < -0.39 is 0 Å². The number of benzene rings is 2. The van der Waals surface area contributed by atoms with Gasteiger partial charge in [-0.2, -0.15) is 0 Å². The number of hydrogen-bond acceptors (Lipinski definition) is 2. The van der Waals surface area contributed by atoms with Crippen LogP contribution in [-0.2, 0) is 4.74 Å². The molecule has 2 aromatic rings. The molecule has 3 nitrogen and oxygen atoms in total. The highest BCUT2D eigenvalue weighted by molar-refractivity contribution is 14.1. The number of methoxy groups -OCH3 is 1. The highest BCUT2D eigenvalue weighted by Gasteiger charge is 2.16. The Kier molecular flexibility index (Phi) is 6.02. The summed E-state index contributed by atoms with van der Waals surface area (Å²) < 4.78 is 6.35. The molecule has 0 bridgehead atoms. The topological polar surface area (TPSA) is 38.3 Å². The summed E-state index contributed by atoms with van der Waals surface area (Å²) in [7, 11) is 1.60. The number of carbonyl (C=O) groups excluding carboxylic acids is 1. The second kappa shape index (κ2) is 7.77. The fourth-order valence-electron chi connectivity index (χ4n) is 1.98. The number of rotatable bonds is 5. The highest BCUT2D eigenvalue weighted by atomic mass is 127. The average molecular weight is 416 g/mol. The molecule has 0 radical (unpaired) electrons. The first-order valence-electron chi connectivity index (χ1n) is 6.43. The minimum atomic E-state index is -0.274. The van der Waals surface area contributed by atoms with Gasteiger partial charge < -0.3 is 10.1 Å². The maximum absolute atomic E-state index is 12.2. The van der Waals surface area contributed by atoms with Crippen LogP contribution in [0.2, 0.25) is 5.02 Å². The van der Waals surface area contributed by atoms with Gasteiger partial charge in [0.2, 0.25) is 0 Å². The summed E-state index contributed by atoms with van der Waals surface area (Å²) in [5.74, 6) is -0.117. The minimum Gasteiger partial charge on any atom is -0.375 e. The SMILES string of the molecule is COC(CNC(=O)c1ccccc1I)c1ccccc1Cl. The van der Waals surface area contributed by atoms with Crippen molar-refractivity contribution in [1.82, 2.24) is 5.32 Å². The van der Waals surface area contributed by atoms with E-state index in [0.29, 0.717) is 17.1 Å². The van der Waals surface area contributed by atoms with Gasteiger partial charge in [0.05, 0.1) is 5.56 Å². The molecule has 1 amide bonds. The lowest BCUT2D eigenvalue weighted by molar-refractivity contribution is 0.0827. The maximum Gasteiger partial charge on any atom is 0.252 e. The van der Waals surface area contributed by atoms with E-state index in [2.05, 4.69) is 27.9 Å². The summed E-state index contributed by atoms with van der Waals surface area (Å²) in [6.07, 6.45) is -0.274. The Balaban J connectivity index is 2.06. The molecule has 0 saturated carbocycles. The van der Waals surface area contributed by atoms with Crippen molar-refractivity contribution in [2.45, 2.75) is 6.10 Å². The lowest BCUT2D eigenvalue weighted by Crippen LogP contribution is -2.29. The molecule has 110 valence electrons. The first-order chi connectivity index (χ1) is 10.1. The van der Waals surface area contributed by atoms with Crippen molar-refractivity contribution in [3.05, 3.63) is 68.3 Å². The van der Waals surface area contributed by atoms with Gasteiger partial charge in [-0.1, -0.05) is 41.9 Å². The van der Waals surface area contributed by atoms with Crippen LogP contribution in [0.3, 0.4) is 0 Å². The Labute approximate surface area is 142 Å². The lowest BCUT2D eigenvalue weighted by atomic mass is 10.1. The smallest absolute Gasteiger partial charge is 0.252 e. The summed E-state index contributed by atoms with van der Waals surface area (Å²) >= 11 is 8.31. The molecule has 1 atom stereocenters. The number of halogens is 2. The number of carbonyl (C=O) groups is 1. The molecule has 0 aliphatic carbocycles. The van der Waals surface area contributed by atoms with Crippen molar-refractivity contribution in [3.63, 3.8) is 0 Å². The normalized spacial score (nSPS) is 12.0. The van der Waals surface area contributed by atoms with Gasteiger partial charge in [-0.15, -0.1) is 0 Å². The third-order valence-corrected chi connectivity index (χ3v) is 4.39. The maximum atomic E-state index is 12.2. The van der Waals surface area contributed by atoms with Crippen molar-refractivity contribution >= 4 is 40.1 Å². The molecule has 0 aliphatic heterocycles. The largest absolute Gasteiger partial charge is 0.375 e. The minimum absolute atomic E-state index is 0.117. The van der Waals surface area contributed by atoms with Crippen molar-refractivity contribution in [3.8, 4) is 0 Å². The molecule has 0 aromatic heterocycles. The molecular weight excluding hydrogens is 401 g/mol. The summed E-state index contributed by atoms with van der Waals surface area (Å²) in [6.45, 7) is 0.365. The first-order valence-corrected chi connectivity index (χ1v) is 7.89. The van der Waals surface area contributed by atoms with Crippen molar-refractivity contribution < 1.29 is 9.53 Å². The molecule has 0 spiro atoms. The first kappa shape index (κ1) is 16.3. The van der Waals surface area contributed by atoms with Gasteiger partial charge in [0.15, 0.2) is 0 Å². The monoisotopic (exact) mass is 415 g/mol. The third-order valence-electron chi connectivity index (χ3n) is 3.10. The summed E-state index contributed by atoms with van der Waals surface area (Å²) in [5, 5.41) is 3.52. The molecule has 2 aromatic carbocycles. The molecule has 0 saturated heterocycles. The molecule has 1 unspecified atom stereocenters. The lowest BCUT2D eigenvalue weighted by Gasteiger charge is -2.18. The van der Waals surface area contributed by atoms with E-state index >= 15 is 0 Å². The summed E-state index contributed by atoms with van der Waals surface area (Å²) in [4.78, 5) is 12.2. The predicted octanol–water partition coefficient (Wildman–Crippen LogP) is 4.06. The van der Waals surface area contributed by atoms with E-state index in [1.54, 1.807) is 13.2 Å². The zero-order valence-corrected chi connectivity index (χ0v) is 14.4. The van der Waals surface area contributed by atoms with E-state index in [1.807, 2.05) is 42.5 Å². The highest BCUT2D eigenvalue weighted by Crippen LogP contribution is 2.24. The van der Waals surface area contributed by atoms with Crippen LogP contribution in [0.5, 0.6) is 0 Å². The van der Waals surface area contributed by atoms with Crippen LogP contribution >= 0.6 is 34.2 Å². The Morgan fingerprint density at radius 2 is 1.90 bits per heavy atom. The molecular formula is C16H15ClINO2. The Morgan fingerprint density at radius 1 is 1.24 bits per heavy atom. The fraction of sp³-hybridized carbons (Fsp3) is 0.188. The van der Waals surface area contributed by atoms with Gasteiger partial charge in [0, 0.05) is 27.8 Å². The summed E-state index contributed by atoms with van der Waals surface area (Å²) in [6, 6.07) is 14.9. The van der Waals surface area contributed by atoms with Gasteiger partial charge in [-0.3, -0.25) is 4.79 Å². The van der Waals surface area contributed by atoms with Crippen molar-refractivity contribution in [1.29, 1.82) is 0 Å². The van der Waals surface area contributed by atoms with Crippen molar-refractivity contribution in [2.24, 2.45) is 0 Å². The second-order valence-electron chi connectivity index (χ2n) is 4.44. The van der Waals surface area contributed by atoms with Gasteiger partial charge in [-0.25, -0.2) is 0 Å². The number of hydrogen-bond donors (Lipinski definition) is 1. The van der Waals surface area contributed by atoms with Crippen LogP contribution in [0, 0.1) is 3.57 Å². The average Bonchev–Trinajstić information content (AvgIpc) is 2.49. The molecule has 21 heavy (non-hydrogen) atoms. The van der Waals surface area contributed by atoms with Crippen LogP contribution in [-0.4, -0.2) is 19.6 Å². The van der Waals surface area contributed by atoms with Crippen molar-refractivity contribution in [2.75, 3.05) is 13.7 Å². The van der Waals surface area contributed by atoms with Crippen LogP contribution in [0.1, 0.15) is 22.0 Å². The Morgan fingerprint density at radius 3 is 2.57 bits per heavy atom. The van der Waals surface area contributed by atoms with E-state index in [4.69, 9.17) is 16.3 Å². The fourth-order valence-corrected chi connectivity index (χ4v) is 2.87. The number of nitrogens with one attached hydrogen (secondary N) is 1. The van der Waals surface area contributed by atoms with E-state index in [-0.39, 0.29) is 12.0 Å². The van der Waals surface area contributed by atoms with Crippen LogP contribution < -0.4 is 5.32 Å².